The molecule has 1 amide bonds. The van der Waals surface area contributed by atoms with Gasteiger partial charge in [-0.1, -0.05) is 30.8 Å². The maximum Gasteiger partial charge on any atom is 0.257 e. The molecule has 1 N–H and O–H groups in total. The summed E-state index contributed by atoms with van der Waals surface area (Å²) in [5.74, 6) is 0.235. The Morgan fingerprint density at radius 1 is 1.31 bits per heavy atom. The summed E-state index contributed by atoms with van der Waals surface area (Å²) in [7, 11) is 0. The normalized spacial score (nSPS) is 15.8. The van der Waals surface area contributed by atoms with Crippen LogP contribution in [0.25, 0.3) is 11.3 Å². The number of thioether (sulfide) groups is 1. The van der Waals surface area contributed by atoms with Crippen LogP contribution in [-0.4, -0.2) is 26.2 Å². The summed E-state index contributed by atoms with van der Waals surface area (Å²) in [6, 6.07) is 7.70. The van der Waals surface area contributed by atoms with E-state index in [2.05, 4.69) is 15.3 Å². The Morgan fingerprint density at radius 3 is 2.86 bits per heavy atom. The molecule has 1 aliphatic rings. The average molecular weight is 427 g/mol. The minimum absolute atomic E-state index is 0.0269. The number of carbonyl (C=O) groups excluding carboxylic acids is 1. The molecule has 1 atom stereocenters. The summed E-state index contributed by atoms with van der Waals surface area (Å²) in [6.45, 7) is 6.16. The van der Waals surface area contributed by atoms with E-state index in [0.717, 1.165) is 33.2 Å². The summed E-state index contributed by atoms with van der Waals surface area (Å²) in [5.41, 5.74) is 4.10. The molecule has 6 nitrogen and oxygen atoms in total. The lowest BCUT2D eigenvalue weighted by molar-refractivity contribution is -0.119. The van der Waals surface area contributed by atoms with Crippen LogP contribution in [0.5, 0.6) is 0 Å². The number of nitrogens with one attached hydrogen (secondary N) is 1. The number of hydrogen-bond acceptors (Lipinski definition) is 6. The number of benzene rings is 1. The third kappa shape index (κ3) is 4.00. The molecule has 1 aromatic carbocycles. The number of fused-ring (bicyclic) bond motifs is 1. The molecule has 0 saturated heterocycles. The lowest BCUT2D eigenvalue weighted by Gasteiger charge is -2.25. The molecule has 0 bridgehead atoms. The molecule has 29 heavy (non-hydrogen) atoms. The van der Waals surface area contributed by atoms with Gasteiger partial charge >= 0.3 is 0 Å². The zero-order valence-corrected chi connectivity index (χ0v) is 18.2. The van der Waals surface area contributed by atoms with Crippen LogP contribution in [0.2, 0.25) is 0 Å². The van der Waals surface area contributed by atoms with Gasteiger partial charge in [-0.05, 0) is 32.4 Å². The molecule has 150 valence electrons. The van der Waals surface area contributed by atoms with Crippen molar-refractivity contribution >= 4 is 34.7 Å². The van der Waals surface area contributed by atoms with Gasteiger partial charge in [0, 0.05) is 40.2 Å². The van der Waals surface area contributed by atoms with Gasteiger partial charge in [0.2, 0.25) is 5.91 Å². The van der Waals surface area contributed by atoms with Gasteiger partial charge in [-0.3, -0.25) is 14.2 Å². The quantitative estimate of drug-likeness (QED) is 0.640. The topological polar surface area (TPSA) is 76.9 Å². The summed E-state index contributed by atoms with van der Waals surface area (Å²) >= 11 is 3.07. The van der Waals surface area contributed by atoms with Gasteiger partial charge in [0.15, 0.2) is 5.16 Å². The highest BCUT2D eigenvalue weighted by Gasteiger charge is 2.28. The van der Waals surface area contributed by atoms with E-state index in [4.69, 9.17) is 0 Å². The highest BCUT2D eigenvalue weighted by atomic mass is 32.2. The fourth-order valence-electron chi connectivity index (χ4n) is 3.46. The Balaban J connectivity index is 1.53. The lowest BCUT2D eigenvalue weighted by Crippen LogP contribution is -2.38. The van der Waals surface area contributed by atoms with Gasteiger partial charge in [0.1, 0.15) is 0 Å². The van der Waals surface area contributed by atoms with Crippen molar-refractivity contribution < 1.29 is 4.79 Å². The summed E-state index contributed by atoms with van der Waals surface area (Å²) in [4.78, 5) is 34.7. The number of aryl methyl sites for hydroxylation is 2. The highest BCUT2D eigenvalue weighted by molar-refractivity contribution is 7.99. The molecule has 3 heterocycles. The number of nitrogens with zero attached hydrogens (tertiary/aromatic N) is 3. The monoisotopic (exact) mass is 426 g/mol. The standard InChI is InChI=1S/C21H22N4O2S2/c1-4-17-12(2)22-21-25(20(17)27)9-15(10-29-21)19(26)24-16-7-5-6-14(8-16)18-11-28-13(3)23-18/h5-8,11,15H,4,9-10H2,1-3H3,(H,24,26)/t15-/m0/s1. The molecule has 1 aliphatic heterocycles. The zero-order valence-electron chi connectivity index (χ0n) is 16.6. The van der Waals surface area contributed by atoms with Crippen molar-refractivity contribution in [2.75, 3.05) is 11.1 Å². The van der Waals surface area contributed by atoms with Gasteiger partial charge < -0.3 is 5.32 Å². The number of amides is 1. The Kier molecular flexibility index (Phi) is 5.56. The molecule has 0 saturated carbocycles. The van der Waals surface area contributed by atoms with E-state index >= 15 is 0 Å². The highest BCUT2D eigenvalue weighted by Crippen LogP contribution is 2.28. The van der Waals surface area contributed by atoms with E-state index < -0.39 is 0 Å². The Bertz CT molecular complexity index is 1140. The second kappa shape index (κ2) is 8.12. The smallest absolute Gasteiger partial charge is 0.257 e. The third-order valence-electron chi connectivity index (χ3n) is 5.02. The lowest BCUT2D eigenvalue weighted by atomic mass is 10.1. The van der Waals surface area contributed by atoms with Crippen LogP contribution in [0.3, 0.4) is 0 Å². The minimum atomic E-state index is -0.287. The van der Waals surface area contributed by atoms with Crippen molar-refractivity contribution in [3.63, 3.8) is 0 Å². The van der Waals surface area contributed by atoms with Gasteiger partial charge in [0.25, 0.3) is 5.56 Å². The maximum absolute atomic E-state index is 12.9. The van der Waals surface area contributed by atoms with Crippen molar-refractivity contribution in [2.45, 2.75) is 38.9 Å². The molecule has 0 radical (unpaired) electrons. The molecule has 4 rings (SSSR count). The average Bonchev–Trinajstić information content (AvgIpc) is 3.15. The van der Waals surface area contributed by atoms with Crippen LogP contribution < -0.4 is 10.9 Å². The van der Waals surface area contributed by atoms with Crippen LogP contribution in [0.1, 0.15) is 23.2 Å². The Morgan fingerprint density at radius 2 is 2.14 bits per heavy atom. The largest absolute Gasteiger partial charge is 0.326 e. The van der Waals surface area contributed by atoms with Crippen molar-refractivity contribution in [3.8, 4) is 11.3 Å². The van der Waals surface area contributed by atoms with Crippen LogP contribution in [0, 0.1) is 19.8 Å². The molecule has 3 aromatic rings. The number of thiazole rings is 1. The van der Waals surface area contributed by atoms with Gasteiger partial charge in [0.05, 0.1) is 16.6 Å². The number of hydrogen-bond donors (Lipinski definition) is 1. The predicted octanol–water partition coefficient (Wildman–Crippen LogP) is 3.91. The van der Waals surface area contributed by atoms with E-state index in [1.54, 1.807) is 15.9 Å². The second-order valence-corrected chi connectivity index (χ2v) is 9.11. The molecule has 0 aliphatic carbocycles. The van der Waals surface area contributed by atoms with E-state index in [9.17, 15) is 9.59 Å². The number of rotatable bonds is 4. The fourth-order valence-corrected chi connectivity index (χ4v) is 5.20. The molecule has 8 heteroatoms. The van der Waals surface area contributed by atoms with E-state index in [1.165, 1.54) is 11.8 Å². The number of carbonyl (C=O) groups is 1. The van der Waals surface area contributed by atoms with Crippen LogP contribution >= 0.6 is 23.1 Å². The van der Waals surface area contributed by atoms with Crippen molar-refractivity contribution in [1.82, 2.24) is 14.5 Å². The maximum atomic E-state index is 12.9. The number of anilines is 1. The molecule has 0 unspecified atom stereocenters. The summed E-state index contributed by atoms with van der Waals surface area (Å²) < 4.78 is 1.65. The van der Waals surface area contributed by atoms with Crippen LogP contribution in [0.4, 0.5) is 5.69 Å². The minimum Gasteiger partial charge on any atom is -0.326 e. The Labute approximate surface area is 177 Å². The van der Waals surface area contributed by atoms with Crippen molar-refractivity contribution in [2.24, 2.45) is 5.92 Å². The number of aromatic nitrogens is 3. The van der Waals surface area contributed by atoms with Gasteiger partial charge in [-0.2, -0.15) is 0 Å². The SMILES string of the molecule is CCc1c(C)nc2n(c1=O)C[C@H](C(=O)Nc1cccc(-c3csc(C)n3)c1)CS2. The van der Waals surface area contributed by atoms with Crippen LogP contribution in [0.15, 0.2) is 39.6 Å². The predicted molar refractivity (Wildman–Crippen MR) is 118 cm³/mol. The second-order valence-electron chi connectivity index (χ2n) is 7.06. The van der Waals surface area contributed by atoms with Crippen molar-refractivity contribution in [1.29, 1.82) is 0 Å². The fraction of sp³-hybridized carbons (Fsp3) is 0.333. The summed E-state index contributed by atoms with van der Waals surface area (Å²) in [6.07, 6.45) is 0.641. The molecular formula is C21H22N4O2S2. The molecule has 2 aromatic heterocycles. The van der Waals surface area contributed by atoms with Gasteiger partial charge in [-0.25, -0.2) is 9.97 Å². The zero-order chi connectivity index (χ0) is 20.5. The van der Waals surface area contributed by atoms with Gasteiger partial charge in [-0.15, -0.1) is 11.3 Å². The third-order valence-corrected chi connectivity index (χ3v) is 6.93. The molecule has 0 fully saturated rings. The first kappa shape index (κ1) is 19.8. The van der Waals surface area contributed by atoms with Crippen molar-refractivity contribution in [3.05, 3.63) is 56.3 Å². The Hall–Kier alpha value is -2.45. The van der Waals surface area contributed by atoms with E-state index in [1.807, 2.05) is 50.4 Å². The van der Waals surface area contributed by atoms with E-state index in [-0.39, 0.29) is 17.4 Å². The summed E-state index contributed by atoms with van der Waals surface area (Å²) in [5, 5.41) is 6.73. The first-order valence-electron chi connectivity index (χ1n) is 9.52. The molecule has 0 spiro atoms. The molecular weight excluding hydrogens is 404 g/mol. The first-order valence-corrected chi connectivity index (χ1v) is 11.4. The van der Waals surface area contributed by atoms with Crippen LogP contribution in [-0.2, 0) is 17.8 Å². The first-order chi connectivity index (χ1) is 14.0. The van der Waals surface area contributed by atoms with E-state index in [0.29, 0.717) is 23.9 Å².